The van der Waals surface area contributed by atoms with Gasteiger partial charge >= 0.3 is 0 Å². The van der Waals surface area contributed by atoms with Crippen molar-refractivity contribution in [1.29, 1.82) is 5.26 Å². The number of pyridine rings is 1. The zero-order valence-electron chi connectivity index (χ0n) is 14.5. The van der Waals surface area contributed by atoms with E-state index in [9.17, 15) is 5.26 Å². The highest BCUT2D eigenvalue weighted by atomic mass is 35.5. The first-order valence-corrected chi connectivity index (χ1v) is 9.39. The van der Waals surface area contributed by atoms with Crippen molar-refractivity contribution in [3.8, 4) is 6.07 Å². The molecule has 130 valence electrons. The summed E-state index contributed by atoms with van der Waals surface area (Å²) in [6.07, 6.45) is 5.07. The van der Waals surface area contributed by atoms with E-state index in [0.29, 0.717) is 16.5 Å². The molecular weight excluding hydrogens is 342 g/mol. The largest absolute Gasteiger partial charge is 0.370 e. The molecule has 0 saturated carbocycles. The van der Waals surface area contributed by atoms with Crippen molar-refractivity contribution in [2.24, 2.45) is 5.92 Å². The Morgan fingerprint density at radius 2 is 1.88 bits per heavy atom. The Hall–Kier alpha value is -2.57. The number of rotatable bonds is 3. The van der Waals surface area contributed by atoms with Gasteiger partial charge in [0.05, 0.1) is 16.8 Å². The lowest BCUT2D eigenvalue weighted by Crippen LogP contribution is -2.35. The highest BCUT2D eigenvalue weighted by Crippen LogP contribution is 2.34. The van der Waals surface area contributed by atoms with E-state index in [0.717, 1.165) is 48.9 Å². The molecule has 0 N–H and O–H groups in total. The summed E-state index contributed by atoms with van der Waals surface area (Å²) in [7, 11) is 0. The lowest BCUT2D eigenvalue weighted by atomic mass is 9.89. The second-order valence-electron chi connectivity index (χ2n) is 6.91. The van der Waals surface area contributed by atoms with Gasteiger partial charge in [0.2, 0.25) is 0 Å². The smallest absolute Gasteiger partial charge is 0.103 e. The molecule has 2 heterocycles. The maximum absolute atomic E-state index is 9.58. The monoisotopic (exact) mass is 361 g/mol. The van der Waals surface area contributed by atoms with Crippen molar-refractivity contribution in [2.45, 2.75) is 19.3 Å². The van der Waals surface area contributed by atoms with Gasteiger partial charge in [-0.05, 0) is 48.9 Å². The maximum atomic E-state index is 9.58. The van der Waals surface area contributed by atoms with E-state index < -0.39 is 0 Å². The number of benzene rings is 2. The van der Waals surface area contributed by atoms with Crippen LogP contribution in [0, 0.1) is 17.2 Å². The van der Waals surface area contributed by atoms with E-state index in [1.165, 1.54) is 5.56 Å². The lowest BCUT2D eigenvalue weighted by Gasteiger charge is -2.34. The Bertz CT molecular complexity index is 954. The maximum Gasteiger partial charge on any atom is 0.103 e. The predicted molar refractivity (Wildman–Crippen MR) is 107 cm³/mol. The molecular formula is C22H20ClN3. The van der Waals surface area contributed by atoms with Crippen molar-refractivity contribution in [3.05, 3.63) is 70.9 Å². The van der Waals surface area contributed by atoms with E-state index in [1.807, 2.05) is 18.2 Å². The molecule has 0 atom stereocenters. The molecule has 4 rings (SSSR count). The van der Waals surface area contributed by atoms with Crippen LogP contribution in [-0.2, 0) is 6.42 Å². The summed E-state index contributed by atoms with van der Waals surface area (Å²) in [6, 6.07) is 18.7. The minimum atomic E-state index is 0.626. The Morgan fingerprint density at radius 3 is 2.62 bits per heavy atom. The van der Waals surface area contributed by atoms with Crippen molar-refractivity contribution in [3.63, 3.8) is 0 Å². The fourth-order valence-electron chi connectivity index (χ4n) is 3.88. The molecule has 0 amide bonds. The topological polar surface area (TPSA) is 39.9 Å². The van der Waals surface area contributed by atoms with Crippen LogP contribution < -0.4 is 4.90 Å². The molecule has 0 aliphatic carbocycles. The predicted octanol–water partition coefficient (Wildman–Crippen LogP) is 5.22. The van der Waals surface area contributed by atoms with Gasteiger partial charge in [-0.25, -0.2) is 0 Å². The van der Waals surface area contributed by atoms with Crippen molar-refractivity contribution in [2.75, 3.05) is 18.0 Å². The van der Waals surface area contributed by atoms with E-state index in [-0.39, 0.29) is 0 Å². The van der Waals surface area contributed by atoms with Gasteiger partial charge in [-0.2, -0.15) is 5.26 Å². The minimum absolute atomic E-state index is 0.626. The van der Waals surface area contributed by atoms with Crippen molar-refractivity contribution in [1.82, 2.24) is 4.98 Å². The average Bonchev–Trinajstić information content (AvgIpc) is 2.68. The zero-order chi connectivity index (χ0) is 17.9. The van der Waals surface area contributed by atoms with Crippen molar-refractivity contribution >= 4 is 28.2 Å². The molecule has 0 spiro atoms. The quantitative estimate of drug-likeness (QED) is 0.642. The molecule has 0 unspecified atom stereocenters. The highest BCUT2D eigenvalue weighted by molar-refractivity contribution is 6.31. The first kappa shape index (κ1) is 16.9. The molecule has 1 saturated heterocycles. The standard InChI is InChI=1S/C22H20ClN3/c23-19-6-7-21-20(13-19)22(18(14-24)15-25-21)26-10-8-17(9-11-26)12-16-4-2-1-3-5-16/h1-7,13,15,17H,8-12H2. The van der Waals surface area contributed by atoms with Crippen LogP contribution in [0.15, 0.2) is 54.7 Å². The SMILES string of the molecule is N#Cc1cnc2ccc(Cl)cc2c1N1CCC(Cc2ccccc2)CC1. The van der Waals surface area contributed by atoms with Gasteiger partial charge in [-0.15, -0.1) is 0 Å². The van der Waals surface area contributed by atoms with Crippen molar-refractivity contribution < 1.29 is 0 Å². The number of nitriles is 1. The molecule has 1 aliphatic rings. The van der Waals surface area contributed by atoms with Crippen LogP contribution in [0.1, 0.15) is 24.0 Å². The molecule has 4 heteroatoms. The van der Waals surface area contributed by atoms with E-state index in [2.05, 4.69) is 46.3 Å². The Balaban J connectivity index is 1.57. The third-order valence-electron chi connectivity index (χ3n) is 5.22. The molecule has 1 aromatic heterocycles. The first-order valence-electron chi connectivity index (χ1n) is 9.02. The Morgan fingerprint density at radius 1 is 1.12 bits per heavy atom. The molecule has 0 bridgehead atoms. The Kier molecular flexibility index (Phi) is 4.77. The summed E-state index contributed by atoms with van der Waals surface area (Å²) in [5, 5.41) is 11.2. The third kappa shape index (κ3) is 3.38. The number of nitrogens with zero attached hydrogens (tertiary/aromatic N) is 3. The van der Waals surface area contributed by atoms with E-state index in [4.69, 9.17) is 11.6 Å². The van der Waals surface area contributed by atoms with Gasteiger partial charge < -0.3 is 4.90 Å². The molecule has 3 aromatic rings. The van der Waals surface area contributed by atoms with Gasteiger partial charge in [0, 0.05) is 29.7 Å². The molecule has 1 fully saturated rings. The lowest BCUT2D eigenvalue weighted by molar-refractivity contribution is 0.404. The number of hydrogen-bond acceptors (Lipinski definition) is 3. The Labute approximate surface area is 158 Å². The van der Waals surface area contributed by atoms with Gasteiger partial charge in [0.15, 0.2) is 0 Å². The number of piperidine rings is 1. The van der Waals surface area contributed by atoms with E-state index in [1.54, 1.807) is 6.20 Å². The minimum Gasteiger partial charge on any atom is -0.370 e. The second-order valence-corrected chi connectivity index (χ2v) is 7.35. The third-order valence-corrected chi connectivity index (χ3v) is 5.46. The van der Waals surface area contributed by atoms with Gasteiger partial charge in [0.1, 0.15) is 6.07 Å². The summed E-state index contributed by atoms with van der Waals surface area (Å²) >= 11 is 6.21. The summed E-state index contributed by atoms with van der Waals surface area (Å²) in [4.78, 5) is 6.75. The summed E-state index contributed by atoms with van der Waals surface area (Å²) in [5.41, 5.74) is 3.90. The molecule has 1 aliphatic heterocycles. The van der Waals surface area contributed by atoms with Crippen LogP contribution >= 0.6 is 11.6 Å². The normalized spacial score (nSPS) is 15.2. The van der Waals surface area contributed by atoms with Crippen LogP contribution in [0.2, 0.25) is 5.02 Å². The fraction of sp³-hybridized carbons (Fsp3) is 0.273. The number of halogens is 1. The van der Waals surface area contributed by atoms with E-state index >= 15 is 0 Å². The number of fused-ring (bicyclic) bond motifs is 1. The molecule has 3 nitrogen and oxygen atoms in total. The number of anilines is 1. The number of aromatic nitrogens is 1. The second kappa shape index (κ2) is 7.35. The molecule has 26 heavy (non-hydrogen) atoms. The summed E-state index contributed by atoms with van der Waals surface area (Å²) in [5.74, 6) is 0.691. The van der Waals surface area contributed by atoms with Crippen LogP contribution in [0.25, 0.3) is 10.9 Å². The van der Waals surface area contributed by atoms with Gasteiger partial charge in [0.25, 0.3) is 0 Å². The van der Waals surface area contributed by atoms with Crippen LogP contribution in [0.4, 0.5) is 5.69 Å². The number of hydrogen-bond donors (Lipinski definition) is 0. The van der Waals surface area contributed by atoms with Gasteiger partial charge in [-0.3, -0.25) is 4.98 Å². The van der Waals surface area contributed by atoms with Crippen LogP contribution in [-0.4, -0.2) is 18.1 Å². The average molecular weight is 362 g/mol. The molecule has 0 radical (unpaired) electrons. The zero-order valence-corrected chi connectivity index (χ0v) is 15.3. The first-order chi connectivity index (χ1) is 12.7. The van der Waals surface area contributed by atoms with Gasteiger partial charge in [-0.1, -0.05) is 41.9 Å². The van der Waals surface area contributed by atoms with Crippen LogP contribution in [0.3, 0.4) is 0 Å². The fourth-order valence-corrected chi connectivity index (χ4v) is 4.05. The molecule has 2 aromatic carbocycles. The van der Waals surface area contributed by atoms with Crippen LogP contribution in [0.5, 0.6) is 0 Å². The highest BCUT2D eigenvalue weighted by Gasteiger charge is 2.23. The summed E-state index contributed by atoms with van der Waals surface area (Å²) < 4.78 is 0. The summed E-state index contributed by atoms with van der Waals surface area (Å²) in [6.45, 7) is 1.91.